The smallest absolute Gasteiger partial charge is 0.287 e. The van der Waals surface area contributed by atoms with Crippen LogP contribution in [0.25, 0.3) is 10.2 Å². The minimum atomic E-state index is -0.284. The number of aryl methyl sites for hydroxylation is 1. The van der Waals surface area contributed by atoms with Crippen molar-refractivity contribution in [3.05, 3.63) is 42.0 Å². The molecule has 7 heteroatoms. The van der Waals surface area contributed by atoms with E-state index < -0.39 is 0 Å². The van der Waals surface area contributed by atoms with E-state index in [4.69, 9.17) is 0 Å². The molecular weight excluding hydrogens is 262 g/mol. The number of hydrogen-bond donors (Lipinski definition) is 3. The molecule has 19 heavy (non-hydrogen) atoms. The zero-order valence-corrected chi connectivity index (χ0v) is 10.9. The summed E-state index contributed by atoms with van der Waals surface area (Å²) < 4.78 is 1.08. The van der Waals surface area contributed by atoms with Gasteiger partial charge < -0.3 is 4.98 Å². The topological polar surface area (TPSA) is 82.7 Å². The minimum Gasteiger partial charge on any atom is -0.341 e. The van der Waals surface area contributed by atoms with Crippen LogP contribution >= 0.6 is 11.3 Å². The van der Waals surface area contributed by atoms with Crippen LogP contribution < -0.4 is 10.9 Å². The van der Waals surface area contributed by atoms with Crippen molar-refractivity contribution in [3.8, 4) is 0 Å². The molecule has 0 aliphatic heterocycles. The maximum atomic E-state index is 11.7. The second-order valence-corrected chi connectivity index (χ2v) is 5.07. The number of H-pyrrole nitrogens is 1. The SMILES string of the molecule is Cc1ccc2nc(NNC(=O)c3cnc[nH]3)sc2c1. The lowest BCUT2D eigenvalue weighted by atomic mass is 10.2. The summed E-state index contributed by atoms with van der Waals surface area (Å²) in [4.78, 5) is 22.6. The summed E-state index contributed by atoms with van der Waals surface area (Å²) in [5.74, 6) is -0.284. The quantitative estimate of drug-likeness (QED) is 0.638. The van der Waals surface area contributed by atoms with Gasteiger partial charge in [0.1, 0.15) is 5.69 Å². The summed E-state index contributed by atoms with van der Waals surface area (Å²) in [6.07, 6.45) is 2.91. The Balaban J connectivity index is 1.73. The van der Waals surface area contributed by atoms with Gasteiger partial charge in [-0.1, -0.05) is 17.4 Å². The molecule has 0 atom stereocenters. The van der Waals surface area contributed by atoms with Crippen molar-refractivity contribution in [1.29, 1.82) is 0 Å². The van der Waals surface area contributed by atoms with Crippen molar-refractivity contribution in [2.24, 2.45) is 0 Å². The molecule has 0 fully saturated rings. The van der Waals surface area contributed by atoms with Crippen LogP contribution in [-0.2, 0) is 0 Å². The number of carbonyl (C=O) groups is 1. The lowest BCUT2D eigenvalue weighted by Gasteiger charge is -2.02. The van der Waals surface area contributed by atoms with Crippen LogP contribution in [0, 0.1) is 6.92 Å². The highest BCUT2D eigenvalue weighted by Gasteiger charge is 2.08. The number of nitrogens with one attached hydrogen (secondary N) is 3. The zero-order chi connectivity index (χ0) is 13.2. The standard InChI is InChI=1S/C12H11N5OS/c1-7-2-3-8-10(4-7)19-12(15-8)17-16-11(18)9-5-13-6-14-9/h2-6H,1H3,(H,13,14)(H,15,17)(H,16,18). The fraction of sp³-hybridized carbons (Fsp3) is 0.0833. The predicted octanol–water partition coefficient (Wildman–Crippen LogP) is 2.08. The molecule has 1 amide bonds. The van der Waals surface area contributed by atoms with Crippen molar-refractivity contribution in [2.75, 3.05) is 5.43 Å². The number of thiazole rings is 1. The summed E-state index contributed by atoms with van der Waals surface area (Å²) in [6.45, 7) is 2.03. The number of rotatable bonds is 3. The molecule has 6 nitrogen and oxygen atoms in total. The number of nitrogens with zero attached hydrogens (tertiary/aromatic N) is 2. The van der Waals surface area contributed by atoms with Gasteiger partial charge in [0.25, 0.3) is 5.91 Å². The van der Waals surface area contributed by atoms with Gasteiger partial charge in [0.2, 0.25) is 5.13 Å². The van der Waals surface area contributed by atoms with Gasteiger partial charge in [0, 0.05) is 0 Å². The number of anilines is 1. The Labute approximate surface area is 112 Å². The van der Waals surface area contributed by atoms with Crippen molar-refractivity contribution >= 4 is 32.6 Å². The average Bonchev–Trinajstić information content (AvgIpc) is 3.04. The molecule has 0 aliphatic carbocycles. The maximum absolute atomic E-state index is 11.7. The minimum absolute atomic E-state index is 0.284. The van der Waals surface area contributed by atoms with Crippen LogP contribution in [0.5, 0.6) is 0 Å². The third-order valence-corrected chi connectivity index (χ3v) is 3.50. The molecule has 0 saturated heterocycles. The van der Waals surface area contributed by atoms with Crippen LogP contribution in [0.3, 0.4) is 0 Å². The van der Waals surface area contributed by atoms with Gasteiger partial charge in [-0.25, -0.2) is 9.97 Å². The maximum Gasteiger partial charge on any atom is 0.287 e. The lowest BCUT2D eigenvalue weighted by Crippen LogP contribution is -2.29. The van der Waals surface area contributed by atoms with E-state index in [-0.39, 0.29) is 5.91 Å². The molecule has 0 radical (unpaired) electrons. The first kappa shape index (κ1) is 11.7. The zero-order valence-electron chi connectivity index (χ0n) is 10.1. The van der Waals surface area contributed by atoms with Crippen LogP contribution in [0.1, 0.15) is 16.1 Å². The van der Waals surface area contributed by atoms with E-state index in [2.05, 4.69) is 31.9 Å². The Morgan fingerprint density at radius 1 is 1.42 bits per heavy atom. The Hall–Kier alpha value is -2.41. The summed E-state index contributed by atoms with van der Waals surface area (Å²) in [5, 5.41) is 0.647. The van der Waals surface area contributed by atoms with E-state index in [9.17, 15) is 4.79 Å². The first-order valence-corrected chi connectivity index (χ1v) is 6.46. The number of benzene rings is 1. The normalized spacial score (nSPS) is 10.6. The molecule has 2 aromatic heterocycles. The molecule has 96 valence electrons. The van der Waals surface area contributed by atoms with Crippen molar-refractivity contribution in [3.63, 3.8) is 0 Å². The molecule has 0 unspecified atom stereocenters. The molecule has 3 rings (SSSR count). The fourth-order valence-corrected chi connectivity index (χ4v) is 2.56. The van der Waals surface area contributed by atoms with Gasteiger partial charge in [-0.2, -0.15) is 0 Å². The Kier molecular flexibility index (Phi) is 2.88. The molecule has 0 bridgehead atoms. The van der Waals surface area contributed by atoms with Crippen LogP contribution in [0.2, 0.25) is 0 Å². The highest BCUT2D eigenvalue weighted by atomic mass is 32.1. The number of aromatic nitrogens is 3. The van der Waals surface area contributed by atoms with Gasteiger partial charge in [-0.05, 0) is 24.6 Å². The van der Waals surface area contributed by atoms with E-state index in [1.807, 2.05) is 19.1 Å². The number of fused-ring (bicyclic) bond motifs is 1. The van der Waals surface area contributed by atoms with Gasteiger partial charge in [-0.15, -0.1) is 0 Å². The highest BCUT2D eigenvalue weighted by Crippen LogP contribution is 2.26. The monoisotopic (exact) mass is 273 g/mol. The molecule has 3 aromatic rings. The second kappa shape index (κ2) is 4.69. The third-order valence-electron chi connectivity index (χ3n) is 2.57. The average molecular weight is 273 g/mol. The number of hydrazine groups is 1. The van der Waals surface area contributed by atoms with Crippen molar-refractivity contribution in [1.82, 2.24) is 20.4 Å². The van der Waals surface area contributed by atoms with E-state index >= 15 is 0 Å². The highest BCUT2D eigenvalue weighted by molar-refractivity contribution is 7.22. The summed E-state index contributed by atoms with van der Waals surface area (Å²) >= 11 is 1.49. The molecular formula is C12H11N5OS. The van der Waals surface area contributed by atoms with Crippen molar-refractivity contribution < 1.29 is 4.79 Å². The first-order chi connectivity index (χ1) is 9.22. The van der Waals surface area contributed by atoms with Crippen LogP contribution in [-0.4, -0.2) is 20.9 Å². The molecule has 0 spiro atoms. The molecule has 2 heterocycles. The first-order valence-electron chi connectivity index (χ1n) is 5.64. The fourth-order valence-electron chi connectivity index (χ4n) is 1.64. The summed E-state index contributed by atoms with van der Waals surface area (Å²) in [7, 11) is 0. The molecule has 1 aromatic carbocycles. The van der Waals surface area contributed by atoms with Gasteiger partial charge in [-0.3, -0.25) is 15.6 Å². The Morgan fingerprint density at radius 3 is 3.11 bits per heavy atom. The number of amides is 1. The summed E-state index contributed by atoms with van der Waals surface area (Å²) in [5.41, 5.74) is 7.85. The lowest BCUT2D eigenvalue weighted by molar-refractivity contribution is 0.0958. The predicted molar refractivity (Wildman–Crippen MR) is 74.0 cm³/mol. The molecule has 0 aliphatic rings. The third kappa shape index (κ3) is 2.41. The summed E-state index contributed by atoms with van der Waals surface area (Å²) in [6, 6.07) is 6.03. The van der Waals surface area contributed by atoms with E-state index in [0.29, 0.717) is 10.8 Å². The van der Waals surface area contributed by atoms with Gasteiger partial charge in [0.05, 0.1) is 22.7 Å². The van der Waals surface area contributed by atoms with E-state index in [0.717, 1.165) is 10.2 Å². The second-order valence-electron chi connectivity index (χ2n) is 4.03. The number of aromatic amines is 1. The number of carbonyl (C=O) groups excluding carboxylic acids is 1. The Bertz CT molecular complexity index is 719. The number of hydrogen-bond acceptors (Lipinski definition) is 5. The van der Waals surface area contributed by atoms with E-state index in [1.165, 1.54) is 29.4 Å². The molecule has 0 saturated carbocycles. The van der Waals surface area contributed by atoms with Crippen LogP contribution in [0.15, 0.2) is 30.7 Å². The van der Waals surface area contributed by atoms with E-state index in [1.54, 1.807) is 0 Å². The van der Waals surface area contributed by atoms with Gasteiger partial charge >= 0.3 is 0 Å². The van der Waals surface area contributed by atoms with Crippen LogP contribution in [0.4, 0.5) is 5.13 Å². The van der Waals surface area contributed by atoms with Crippen molar-refractivity contribution in [2.45, 2.75) is 6.92 Å². The largest absolute Gasteiger partial charge is 0.341 e. The molecule has 3 N–H and O–H groups in total. The Morgan fingerprint density at radius 2 is 2.32 bits per heavy atom. The van der Waals surface area contributed by atoms with Gasteiger partial charge in [0.15, 0.2) is 0 Å². The number of imidazole rings is 1.